The van der Waals surface area contributed by atoms with Crippen molar-refractivity contribution in [3.8, 4) is 12.3 Å². The molecule has 21 heavy (non-hydrogen) atoms. The molecule has 0 aliphatic carbocycles. The third-order valence-electron chi connectivity index (χ3n) is 4.12. The van der Waals surface area contributed by atoms with Crippen LogP contribution < -0.4 is 4.90 Å². The first kappa shape index (κ1) is 14.1. The predicted molar refractivity (Wildman–Crippen MR) is 81.8 cm³/mol. The highest BCUT2D eigenvalue weighted by atomic mass is 16.5. The van der Waals surface area contributed by atoms with Gasteiger partial charge in [0.15, 0.2) is 0 Å². The second-order valence-electron chi connectivity index (χ2n) is 5.63. The molecule has 2 saturated heterocycles. The summed E-state index contributed by atoms with van der Waals surface area (Å²) in [6.45, 7) is 5.16. The molecule has 0 aromatic heterocycles. The Morgan fingerprint density at radius 3 is 2.57 bits per heavy atom. The van der Waals surface area contributed by atoms with Crippen LogP contribution in [0.3, 0.4) is 0 Å². The highest BCUT2D eigenvalue weighted by Gasteiger charge is 2.29. The van der Waals surface area contributed by atoms with Gasteiger partial charge in [-0.05, 0) is 17.7 Å². The number of morpholine rings is 1. The molecule has 3 rings (SSSR count). The molecule has 2 heterocycles. The summed E-state index contributed by atoms with van der Waals surface area (Å²) in [5, 5.41) is 0. The lowest BCUT2D eigenvalue weighted by Gasteiger charge is -2.26. The molecule has 2 aliphatic heterocycles. The van der Waals surface area contributed by atoms with E-state index in [4.69, 9.17) is 11.2 Å². The zero-order valence-electron chi connectivity index (χ0n) is 12.1. The van der Waals surface area contributed by atoms with E-state index in [9.17, 15) is 4.79 Å². The number of rotatable bonds is 3. The number of terminal acetylenes is 1. The van der Waals surface area contributed by atoms with Gasteiger partial charge in [-0.1, -0.05) is 12.1 Å². The smallest absolute Gasteiger partial charge is 0.228 e. The van der Waals surface area contributed by atoms with Crippen molar-refractivity contribution in [3.63, 3.8) is 0 Å². The molecule has 110 valence electrons. The number of benzene rings is 1. The largest absolute Gasteiger partial charge is 0.379 e. The fourth-order valence-corrected chi connectivity index (χ4v) is 2.87. The Labute approximate surface area is 125 Å². The van der Waals surface area contributed by atoms with E-state index in [1.807, 2.05) is 12.1 Å². The van der Waals surface area contributed by atoms with Crippen LogP contribution in [0.5, 0.6) is 0 Å². The average molecular weight is 284 g/mol. The van der Waals surface area contributed by atoms with Crippen molar-refractivity contribution in [1.29, 1.82) is 0 Å². The van der Waals surface area contributed by atoms with Crippen LogP contribution >= 0.6 is 0 Å². The summed E-state index contributed by atoms with van der Waals surface area (Å²) >= 11 is 0. The Bertz CT molecular complexity index is 541. The fourth-order valence-electron chi connectivity index (χ4n) is 2.87. The van der Waals surface area contributed by atoms with Crippen molar-refractivity contribution >= 4 is 11.6 Å². The maximum Gasteiger partial charge on any atom is 0.228 e. The summed E-state index contributed by atoms with van der Waals surface area (Å²) in [6, 6.07) is 8.24. The van der Waals surface area contributed by atoms with E-state index >= 15 is 0 Å². The molecule has 1 aromatic rings. The van der Waals surface area contributed by atoms with E-state index in [2.05, 4.69) is 23.0 Å². The summed E-state index contributed by atoms with van der Waals surface area (Å²) < 4.78 is 5.35. The topological polar surface area (TPSA) is 32.8 Å². The third-order valence-corrected chi connectivity index (χ3v) is 4.12. The van der Waals surface area contributed by atoms with Crippen LogP contribution in [0.2, 0.25) is 0 Å². The van der Waals surface area contributed by atoms with E-state index in [1.54, 1.807) is 4.90 Å². The van der Waals surface area contributed by atoms with Gasteiger partial charge in [0.2, 0.25) is 5.91 Å². The van der Waals surface area contributed by atoms with E-state index < -0.39 is 0 Å². The van der Waals surface area contributed by atoms with Crippen LogP contribution in [0.1, 0.15) is 12.0 Å². The number of anilines is 1. The van der Waals surface area contributed by atoms with E-state index in [0.717, 1.165) is 38.5 Å². The van der Waals surface area contributed by atoms with Crippen molar-refractivity contribution in [2.75, 3.05) is 37.7 Å². The molecule has 4 heteroatoms. The SMILES string of the molecule is C#CC1CC(=O)N(c2ccc(CN3CCOCC3)cc2)C1. The van der Waals surface area contributed by atoms with Gasteiger partial charge in [-0.25, -0.2) is 0 Å². The molecular formula is C17H20N2O2. The van der Waals surface area contributed by atoms with Crippen LogP contribution in [-0.2, 0) is 16.1 Å². The highest BCUT2D eigenvalue weighted by molar-refractivity contribution is 5.96. The minimum atomic E-state index is 0.0468. The first-order valence-electron chi connectivity index (χ1n) is 7.42. The quantitative estimate of drug-likeness (QED) is 0.789. The standard InChI is InChI=1S/C17H20N2O2/c1-2-14-11-17(20)19(13-14)16-5-3-15(4-6-16)12-18-7-9-21-10-8-18/h1,3-6,14H,7-13H2. The molecule has 0 bridgehead atoms. The molecule has 2 aliphatic rings. The van der Waals surface area contributed by atoms with Crippen LogP contribution in [0.25, 0.3) is 0 Å². The molecule has 1 amide bonds. The summed E-state index contributed by atoms with van der Waals surface area (Å²) in [6.07, 6.45) is 5.88. The molecule has 2 fully saturated rings. The number of amides is 1. The van der Waals surface area contributed by atoms with Gasteiger partial charge >= 0.3 is 0 Å². The first-order chi connectivity index (χ1) is 10.3. The summed E-state index contributed by atoms with van der Waals surface area (Å²) in [7, 11) is 0. The van der Waals surface area contributed by atoms with Gasteiger partial charge in [0, 0.05) is 44.2 Å². The number of ether oxygens (including phenoxy) is 1. The van der Waals surface area contributed by atoms with Gasteiger partial charge in [-0.15, -0.1) is 12.3 Å². The lowest BCUT2D eigenvalue weighted by atomic mass is 10.1. The Morgan fingerprint density at radius 2 is 1.95 bits per heavy atom. The molecule has 0 radical (unpaired) electrons. The number of hydrogen-bond acceptors (Lipinski definition) is 3. The van der Waals surface area contributed by atoms with Gasteiger partial charge in [-0.3, -0.25) is 9.69 Å². The van der Waals surface area contributed by atoms with E-state index in [-0.39, 0.29) is 11.8 Å². The lowest BCUT2D eigenvalue weighted by Crippen LogP contribution is -2.35. The number of hydrogen-bond donors (Lipinski definition) is 0. The number of carbonyl (C=O) groups excluding carboxylic acids is 1. The molecule has 1 unspecified atom stereocenters. The highest BCUT2D eigenvalue weighted by Crippen LogP contribution is 2.25. The lowest BCUT2D eigenvalue weighted by molar-refractivity contribution is -0.117. The van der Waals surface area contributed by atoms with Gasteiger partial charge in [-0.2, -0.15) is 0 Å². The molecule has 0 spiro atoms. The number of nitrogens with zero attached hydrogens (tertiary/aromatic N) is 2. The molecule has 1 aromatic carbocycles. The van der Waals surface area contributed by atoms with E-state index in [0.29, 0.717) is 13.0 Å². The van der Waals surface area contributed by atoms with Gasteiger partial charge in [0.1, 0.15) is 0 Å². The van der Waals surface area contributed by atoms with Crippen LogP contribution in [0.15, 0.2) is 24.3 Å². The van der Waals surface area contributed by atoms with Gasteiger partial charge in [0.25, 0.3) is 0 Å². The predicted octanol–water partition coefficient (Wildman–Crippen LogP) is 1.50. The van der Waals surface area contributed by atoms with Crippen LogP contribution in [0, 0.1) is 18.3 Å². The second-order valence-corrected chi connectivity index (χ2v) is 5.63. The molecule has 4 nitrogen and oxygen atoms in total. The Hall–Kier alpha value is -1.83. The zero-order chi connectivity index (χ0) is 14.7. The average Bonchev–Trinajstić information content (AvgIpc) is 2.90. The van der Waals surface area contributed by atoms with Gasteiger partial charge in [0.05, 0.1) is 13.2 Å². The molecule has 0 N–H and O–H groups in total. The molecular weight excluding hydrogens is 264 g/mol. The van der Waals surface area contributed by atoms with Crippen molar-refractivity contribution in [3.05, 3.63) is 29.8 Å². The minimum absolute atomic E-state index is 0.0468. The van der Waals surface area contributed by atoms with Gasteiger partial charge < -0.3 is 9.64 Å². The summed E-state index contributed by atoms with van der Waals surface area (Å²) in [5.41, 5.74) is 2.21. The normalized spacial score (nSPS) is 23.3. The Morgan fingerprint density at radius 1 is 1.24 bits per heavy atom. The fraction of sp³-hybridized carbons (Fsp3) is 0.471. The minimum Gasteiger partial charge on any atom is -0.379 e. The van der Waals surface area contributed by atoms with Crippen LogP contribution in [-0.4, -0.2) is 43.7 Å². The zero-order valence-corrected chi connectivity index (χ0v) is 12.1. The molecule has 0 saturated carbocycles. The van der Waals surface area contributed by atoms with Crippen LogP contribution in [0.4, 0.5) is 5.69 Å². The first-order valence-corrected chi connectivity index (χ1v) is 7.42. The monoisotopic (exact) mass is 284 g/mol. The van der Waals surface area contributed by atoms with Crippen molar-refractivity contribution in [1.82, 2.24) is 4.90 Å². The Balaban J connectivity index is 1.64. The van der Waals surface area contributed by atoms with Crippen molar-refractivity contribution < 1.29 is 9.53 Å². The van der Waals surface area contributed by atoms with Crippen molar-refractivity contribution in [2.24, 2.45) is 5.92 Å². The summed E-state index contributed by atoms with van der Waals surface area (Å²) in [5.74, 6) is 2.85. The van der Waals surface area contributed by atoms with Crippen molar-refractivity contribution in [2.45, 2.75) is 13.0 Å². The summed E-state index contributed by atoms with van der Waals surface area (Å²) in [4.78, 5) is 16.1. The maximum absolute atomic E-state index is 12.0. The molecule has 1 atom stereocenters. The Kier molecular flexibility index (Phi) is 4.23. The third kappa shape index (κ3) is 3.26. The maximum atomic E-state index is 12.0. The number of carbonyl (C=O) groups is 1. The second kappa shape index (κ2) is 6.30. The van der Waals surface area contributed by atoms with E-state index in [1.165, 1.54) is 5.56 Å².